The van der Waals surface area contributed by atoms with E-state index in [9.17, 15) is 13.6 Å². The van der Waals surface area contributed by atoms with Crippen molar-refractivity contribution in [3.8, 4) is 0 Å². The van der Waals surface area contributed by atoms with E-state index >= 15 is 0 Å². The minimum atomic E-state index is -1.92. The monoisotopic (exact) mass is 461 g/mol. The van der Waals surface area contributed by atoms with E-state index in [-0.39, 0.29) is 23.1 Å². The summed E-state index contributed by atoms with van der Waals surface area (Å²) < 4.78 is 40.2. The second kappa shape index (κ2) is 9.31. The number of nitrogens with one attached hydrogen (secondary N) is 1. The molecule has 0 aromatic heterocycles. The number of hydrogen-bond donors (Lipinski definition) is 1. The molecule has 4 nitrogen and oxygen atoms in total. The molecule has 2 aromatic carbocycles. The molecular formula is C25H33F2NO3Si. The lowest BCUT2D eigenvalue weighted by Crippen LogP contribution is -2.41. The van der Waals surface area contributed by atoms with Crippen molar-refractivity contribution in [3.05, 3.63) is 71.3 Å². The molecule has 0 bridgehead atoms. The first-order chi connectivity index (χ1) is 14.9. The van der Waals surface area contributed by atoms with Crippen LogP contribution < -0.4 is 5.32 Å². The van der Waals surface area contributed by atoms with E-state index in [4.69, 9.17) is 9.16 Å². The molecule has 0 aliphatic heterocycles. The van der Waals surface area contributed by atoms with Crippen LogP contribution >= 0.6 is 0 Å². The summed E-state index contributed by atoms with van der Waals surface area (Å²) in [7, 11) is -1.92. The van der Waals surface area contributed by atoms with Gasteiger partial charge in [0.05, 0.1) is 5.54 Å². The maximum atomic E-state index is 14.7. The van der Waals surface area contributed by atoms with Crippen LogP contribution in [0, 0.1) is 17.6 Å². The van der Waals surface area contributed by atoms with E-state index in [1.165, 1.54) is 6.07 Å². The molecule has 3 rings (SSSR count). The molecule has 0 heterocycles. The summed E-state index contributed by atoms with van der Waals surface area (Å²) in [6, 6.07) is 12.7. The number of benzene rings is 2. The minimum Gasteiger partial charge on any atom is -0.445 e. The van der Waals surface area contributed by atoms with Crippen molar-refractivity contribution < 1.29 is 22.7 Å². The molecule has 174 valence electrons. The molecule has 0 unspecified atom stereocenters. The topological polar surface area (TPSA) is 47.6 Å². The van der Waals surface area contributed by atoms with Gasteiger partial charge >= 0.3 is 6.09 Å². The molecule has 1 N–H and O–H groups in total. The SMILES string of the molecule is CC(C)(C)[Si](C)(C)OCC[C@H]1C[C@]1(NC(=O)OCc1ccccc1)c1cc(F)ccc1F. The van der Waals surface area contributed by atoms with Crippen molar-refractivity contribution >= 4 is 14.4 Å². The van der Waals surface area contributed by atoms with E-state index in [2.05, 4.69) is 39.2 Å². The number of amides is 1. The predicted octanol–water partition coefficient (Wildman–Crippen LogP) is 6.52. The molecule has 1 amide bonds. The lowest BCUT2D eigenvalue weighted by atomic mass is 10.0. The summed E-state index contributed by atoms with van der Waals surface area (Å²) in [6.07, 6.45) is 0.501. The first kappa shape index (κ1) is 24.4. The second-order valence-corrected chi connectivity index (χ2v) is 14.9. The van der Waals surface area contributed by atoms with Crippen LogP contribution in [0.25, 0.3) is 0 Å². The van der Waals surface area contributed by atoms with Gasteiger partial charge in [0.25, 0.3) is 0 Å². The van der Waals surface area contributed by atoms with Gasteiger partial charge in [-0.05, 0) is 60.7 Å². The number of halogens is 2. The largest absolute Gasteiger partial charge is 0.445 e. The second-order valence-electron chi connectivity index (χ2n) is 10.1. The fourth-order valence-corrected chi connectivity index (χ4v) is 4.74. The van der Waals surface area contributed by atoms with Gasteiger partial charge in [-0.2, -0.15) is 0 Å². The average Bonchev–Trinajstić information content (AvgIpc) is 3.41. The maximum Gasteiger partial charge on any atom is 0.408 e. The van der Waals surface area contributed by atoms with Crippen LogP contribution in [0.4, 0.5) is 13.6 Å². The molecule has 1 fully saturated rings. The van der Waals surface area contributed by atoms with Crippen LogP contribution in [-0.4, -0.2) is 21.0 Å². The number of alkyl carbamates (subject to hydrolysis) is 1. The Kier molecular flexibility index (Phi) is 7.10. The minimum absolute atomic E-state index is 0.0622. The van der Waals surface area contributed by atoms with E-state index in [1.807, 2.05) is 30.3 Å². The molecule has 0 spiro atoms. The fraction of sp³-hybridized carbons (Fsp3) is 0.480. The molecule has 1 aliphatic carbocycles. The van der Waals surface area contributed by atoms with Crippen LogP contribution in [0.5, 0.6) is 0 Å². The Hall–Kier alpha value is -2.25. The summed E-state index contributed by atoms with van der Waals surface area (Å²) in [5.74, 6) is -1.14. The summed E-state index contributed by atoms with van der Waals surface area (Å²) in [5, 5.41) is 2.92. The van der Waals surface area contributed by atoms with Gasteiger partial charge in [0.2, 0.25) is 0 Å². The van der Waals surface area contributed by atoms with Gasteiger partial charge in [0.15, 0.2) is 8.32 Å². The molecule has 2 atom stereocenters. The average molecular weight is 462 g/mol. The third-order valence-corrected chi connectivity index (χ3v) is 11.3. The zero-order valence-electron chi connectivity index (χ0n) is 19.5. The van der Waals surface area contributed by atoms with Gasteiger partial charge in [-0.3, -0.25) is 0 Å². The first-order valence-corrected chi connectivity index (χ1v) is 13.9. The Morgan fingerprint density at radius 3 is 2.50 bits per heavy atom. The molecule has 1 aliphatic rings. The molecule has 1 saturated carbocycles. The molecule has 7 heteroatoms. The zero-order valence-corrected chi connectivity index (χ0v) is 20.5. The van der Waals surface area contributed by atoms with Gasteiger partial charge in [-0.15, -0.1) is 0 Å². The number of hydrogen-bond acceptors (Lipinski definition) is 3. The predicted molar refractivity (Wildman–Crippen MR) is 124 cm³/mol. The molecular weight excluding hydrogens is 428 g/mol. The summed E-state index contributed by atoms with van der Waals surface area (Å²) >= 11 is 0. The van der Waals surface area contributed by atoms with Gasteiger partial charge < -0.3 is 14.5 Å². The first-order valence-electron chi connectivity index (χ1n) is 11.0. The van der Waals surface area contributed by atoms with Crippen molar-refractivity contribution in [2.45, 2.75) is 63.9 Å². The van der Waals surface area contributed by atoms with E-state index in [0.29, 0.717) is 19.4 Å². The highest BCUT2D eigenvalue weighted by Crippen LogP contribution is 2.55. The maximum absolute atomic E-state index is 14.7. The highest BCUT2D eigenvalue weighted by atomic mass is 28.4. The van der Waals surface area contributed by atoms with Crippen molar-refractivity contribution in [1.82, 2.24) is 5.32 Å². The molecule has 0 radical (unpaired) electrons. The third-order valence-electron chi connectivity index (χ3n) is 6.79. The van der Waals surface area contributed by atoms with E-state index in [1.54, 1.807) is 0 Å². The number of ether oxygens (including phenoxy) is 1. The standard InChI is InChI=1S/C25H33F2NO3Si/c1-24(2,3)32(4,5)31-14-13-19-16-25(19,21-15-20(26)11-12-22(21)27)28-23(29)30-17-18-9-7-6-8-10-18/h6-12,15,19H,13-14,16-17H2,1-5H3,(H,28,29)/t19-,25+/m0/s1. The summed E-state index contributed by atoms with van der Waals surface area (Å²) in [5.41, 5.74) is 0.0201. The Bertz CT molecular complexity index is 946. The van der Waals surface area contributed by atoms with Gasteiger partial charge in [0.1, 0.15) is 18.2 Å². The highest BCUT2D eigenvalue weighted by molar-refractivity contribution is 6.74. The lowest BCUT2D eigenvalue weighted by molar-refractivity contribution is 0.132. The van der Waals surface area contributed by atoms with Crippen molar-refractivity contribution in [3.63, 3.8) is 0 Å². The number of carbonyl (C=O) groups is 1. The number of rotatable bonds is 8. The van der Waals surface area contributed by atoms with Crippen LogP contribution in [0.15, 0.2) is 48.5 Å². The Morgan fingerprint density at radius 2 is 1.84 bits per heavy atom. The number of carbonyl (C=O) groups excluding carboxylic acids is 1. The van der Waals surface area contributed by atoms with E-state index in [0.717, 1.165) is 17.7 Å². The summed E-state index contributed by atoms with van der Waals surface area (Å²) in [4.78, 5) is 12.6. The van der Waals surface area contributed by atoms with Crippen LogP contribution in [0.1, 0.15) is 44.7 Å². The van der Waals surface area contributed by atoms with Gasteiger partial charge in [-0.25, -0.2) is 13.6 Å². The lowest BCUT2D eigenvalue weighted by Gasteiger charge is -2.36. The molecule has 0 saturated heterocycles. The Labute approximate surface area is 190 Å². The summed E-state index contributed by atoms with van der Waals surface area (Å²) in [6.45, 7) is 11.5. The fourth-order valence-electron chi connectivity index (χ4n) is 3.68. The van der Waals surface area contributed by atoms with Crippen LogP contribution in [0.3, 0.4) is 0 Å². The zero-order chi connectivity index (χ0) is 23.6. The van der Waals surface area contributed by atoms with Crippen molar-refractivity contribution in [2.24, 2.45) is 5.92 Å². The molecule has 2 aromatic rings. The third kappa shape index (κ3) is 5.56. The highest BCUT2D eigenvalue weighted by Gasteiger charge is 2.58. The Morgan fingerprint density at radius 1 is 1.16 bits per heavy atom. The van der Waals surface area contributed by atoms with Crippen LogP contribution in [-0.2, 0) is 21.3 Å². The van der Waals surface area contributed by atoms with E-state index < -0.39 is 31.6 Å². The Balaban J connectivity index is 1.70. The molecule has 32 heavy (non-hydrogen) atoms. The van der Waals surface area contributed by atoms with Crippen LogP contribution in [0.2, 0.25) is 18.1 Å². The van der Waals surface area contributed by atoms with Crippen molar-refractivity contribution in [2.75, 3.05) is 6.61 Å². The van der Waals surface area contributed by atoms with Gasteiger partial charge in [-0.1, -0.05) is 51.1 Å². The van der Waals surface area contributed by atoms with Gasteiger partial charge in [0, 0.05) is 12.2 Å². The quantitative estimate of drug-likeness (QED) is 0.455. The smallest absolute Gasteiger partial charge is 0.408 e. The normalized spacial score (nSPS) is 20.7. The van der Waals surface area contributed by atoms with Crippen molar-refractivity contribution in [1.29, 1.82) is 0 Å².